The van der Waals surface area contributed by atoms with Crippen molar-refractivity contribution in [2.45, 2.75) is 26.7 Å². The van der Waals surface area contributed by atoms with Gasteiger partial charge in [-0.1, -0.05) is 59.6 Å². The van der Waals surface area contributed by atoms with Gasteiger partial charge in [0.1, 0.15) is 0 Å². The average Bonchev–Trinajstić information content (AvgIpc) is 2.43. The van der Waals surface area contributed by atoms with Crippen LogP contribution in [0, 0.1) is 6.92 Å². The summed E-state index contributed by atoms with van der Waals surface area (Å²) in [5.41, 5.74) is 3.49. The molecule has 0 aliphatic carbocycles. The van der Waals surface area contributed by atoms with Gasteiger partial charge in [0.2, 0.25) is 0 Å². The molecule has 0 aliphatic heterocycles. The molecule has 0 radical (unpaired) electrons. The average molecular weight is 367 g/mol. The van der Waals surface area contributed by atoms with E-state index in [1.54, 1.807) is 12.1 Å². The number of para-hydroxylation sites is 1. The van der Waals surface area contributed by atoms with Gasteiger partial charge in [-0.3, -0.25) is 4.79 Å². The molecule has 0 saturated heterocycles. The molecule has 0 spiro atoms. The van der Waals surface area contributed by atoms with Crippen LogP contribution in [-0.4, -0.2) is 5.91 Å². The number of benzene rings is 2. The number of hydrogen-bond acceptors (Lipinski definition) is 1. The van der Waals surface area contributed by atoms with Crippen LogP contribution in [0.2, 0.25) is 5.02 Å². The zero-order valence-electron chi connectivity index (χ0n) is 12.2. The van der Waals surface area contributed by atoms with Crippen molar-refractivity contribution in [3.05, 3.63) is 62.6 Å². The highest BCUT2D eigenvalue weighted by Gasteiger charge is 2.15. The van der Waals surface area contributed by atoms with E-state index in [-0.39, 0.29) is 5.91 Å². The zero-order valence-corrected chi connectivity index (χ0v) is 14.5. The van der Waals surface area contributed by atoms with Crippen molar-refractivity contribution in [3.63, 3.8) is 0 Å². The Kier molecular flexibility index (Phi) is 5.07. The third-order valence-electron chi connectivity index (χ3n) is 3.34. The Bertz CT molecular complexity index is 682. The Hall–Kier alpha value is -1.32. The summed E-state index contributed by atoms with van der Waals surface area (Å²) in [6.07, 6.45) is 0. The summed E-state index contributed by atoms with van der Waals surface area (Å²) in [7, 11) is 0. The molecule has 0 atom stereocenters. The smallest absolute Gasteiger partial charge is 0.257 e. The van der Waals surface area contributed by atoms with Gasteiger partial charge in [0.05, 0.1) is 10.6 Å². The Balaban J connectivity index is 2.38. The topological polar surface area (TPSA) is 29.1 Å². The molecule has 2 aromatic carbocycles. The maximum atomic E-state index is 12.5. The van der Waals surface area contributed by atoms with Gasteiger partial charge in [-0.25, -0.2) is 0 Å². The van der Waals surface area contributed by atoms with Crippen molar-refractivity contribution in [1.82, 2.24) is 0 Å². The molecule has 0 unspecified atom stereocenters. The van der Waals surface area contributed by atoms with E-state index in [0.717, 1.165) is 21.3 Å². The number of halogens is 2. The van der Waals surface area contributed by atoms with E-state index in [4.69, 9.17) is 11.6 Å². The van der Waals surface area contributed by atoms with E-state index in [1.165, 1.54) is 0 Å². The van der Waals surface area contributed by atoms with Gasteiger partial charge in [0.15, 0.2) is 0 Å². The number of nitrogens with one attached hydrogen (secondary N) is 1. The second kappa shape index (κ2) is 6.63. The fourth-order valence-electron chi connectivity index (χ4n) is 2.19. The fraction of sp³-hybridized carbons (Fsp3) is 0.235. The van der Waals surface area contributed by atoms with Crippen molar-refractivity contribution >= 4 is 39.1 Å². The molecule has 0 saturated carbocycles. The third-order valence-corrected chi connectivity index (χ3v) is 4.16. The Morgan fingerprint density at radius 2 is 1.95 bits per heavy atom. The maximum absolute atomic E-state index is 12.5. The zero-order chi connectivity index (χ0) is 15.6. The van der Waals surface area contributed by atoms with E-state index in [0.29, 0.717) is 16.5 Å². The normalized spacial score (nSPS) is 10.8. The number of aryl methyl sites for hydroxylation is 1. The molecule has 21 heavy (non-hydrogen) atoms. The molecule has 0 fully saturated rings. The first-order chi connectivity index (χ1) is 9.90. The predicted octanol–water partition coefficient (Wildman–Crippen LogP) is 5.79. The van der Waals surface area contributed by atoms with Crippen molar-refractivity contribution in [3.8, 4) is 0 Å². The van der Waals surface area contributed by atoms with Crippen LogP contribution >= 0.6 is 27.5 Å². The van der Waals surface area contributed by atoms with E-state index in [1.807, 2.05) is 31.2 Å². The Labute approximate surface area is 138 Å². The minimum absolute atomic E-state index is 0.197. The lowest BCUT2D eigenvalue weighted by molar-refractivity contribution is 0.102. The summed E-state index contributed by atoms with van der Waals surface area (Å²) in [5.74, 6) is 0.135. The molecule has 2 rings (SSSR count). The van der Waals surface area contributed by atoms with E-state index in [2.05, 4.69) is 35.1 Å². The quantitative estimate of drug-likeness (QED) is 0.732. The SMILES string of the molecule is Cc1cccc(C(C)C)c1NC(=O)c1cc(Br)ccc1Cl. The van der Waals surface area contributed by atoms with Crippen molar-refractivity contribution in [2.24, 2.45) is 0 Å². The van der Waals surface area contributed by atoms with Gasteiger partial charge in [-0.2, -0.15) is 0 Å². The molecular weight excluding hydrogens is 350 g/mol. The highest BCUT2D eigenvalue weighted by Crippen LogP contribution is 2.29. The summed E-state index contributed by atoms with van der Waals surface area (Å²) in [6.45, 7) is 6.21. The number of carbonyl (C=O) groups is 1. The number of rotatable bonds is 3. The summed E-state index contributed by atoms with van der Waals surface area (Å²) >= 11 is 9.48. The molecule has 1 amide bonds. The van der Waals surface area contributed by atoms with E-state index < -0.39 is 0 Å². The highest BCUT2D eigenvalue weighted by atomic mass is 79.9. The predicted molar refractivity (Wildman–Crippen MR) is 92.4 cm³/mol. The van der Waals surface area contributed by atoms with Gasteiger partial charge in [-0.15, -0.1) is 0 Å². The van der Waals surface area contributed by atoms with E-state index >= 15 is 0 Å². The van der Waals surface area contributed by atoms with Crippen molar-refractivity contribution < 1.29 is 4.79 Å². The molecule has 2 aromatic rings. The lowest BCUT2D eigenvalue weighted by Gasteiger charge is -2.17. The number of hydrogen-bond donors (Lipinski definition) is 1. The molecule has 0 bridgehead atoms. The van der Waals surface area contributed by atoms with Crippen LogP contribution in [0.4, 0.5) is 5.69 Å². The first kappa shape index (κ1) is 16.1. The van der Waals surface area contributed by atoms with Crippen LogP contribution in [0.15, 0.2) is 40.9 Å². The van der Waals surface area contributed by atoms with Crippen LogP contribution in [0.5, 0.6) is 0 Å². The first-order valence-electron chi connectivity index (χ1n) is 6.76. The number of carbonyl (C=O) groups excluding carboxylic acids is 1. The van der Waals surface area contributed by atoms with Gasteiger partial charge in [0, 0.05) is 10.2 Å². The molecule has 0 aliphatic rings. The molecule has 2 nitrogen and oxygen atoms in total. The minimum Gasteiger partial charge on any atom is -0.321 e. The molecular formula is C17H17BrClNO. The summed E-state index contributed by atoms with van der Waals surface area (Å²) in [6, 6.07) is 11.3. The van der Waals surface area contributed by atoms with Crippen LogP contribution in [0.3, 0.4) is 0 Å². The van der Waals surface area contributed by atoms with E-state index in [9.17, 15) is 4.79 Å². The lowest BCUT2D eigenvalue weighted by atomic mass is 9.98. The molecule has 110 valence electrons. The third kappa shape index (κ3) is 3.66. The van der Waals surface area contributed by atoms with Crippen molar-refractivity contribution in [1.29, 1.82) is 0 Å². The lowest BCUT2D eigenvalue weighted by Crippen LogP contribution is -2.15. The minimum atomic E-state index is -0.197. The number of amides is 1. The molecule has 1 N–H and O–H groups in total. The summed E-state index contributed by atoms with van der Waals surface area (Å²) < 4.78 is 0.825. The Morgan fingerprint density at radius 3 is 2.62 bits per heavy atom. The second-order valence-electron chi connectivity index (χ2n) is 5.27. The van der Waals surface area contributed by atoms with Gasteiger partial charge < -0.3 is 5.32 Å². The summed E-state index contributed by atoms with van der Waals surface area (Å²) in [4.78, 5) is 12.5. The molecule has 0 heterocycles. The molecule has 0 aromatic heterocycles. The second-order valence-corrected chi connectivity index (χ2v) is 6.60. The fourth-order valence-corrected chi connectivity index (χ4v) is 2.76. The standard InChI is InChI=1S/C17H17BrClNO/c1-10(2)13-6-4-5-11(3)16(13)20-17(21)14-9-12(18)7-8-15(14)19/h4-10H,1-3H3,(H,20,21). The van der Waals surface area contributed by atoms with Crippen LogP contribution in [0.25, 0.3) is 0 Å². The molecule has 4 heteroatoms. The van der Waals surface area contributed by atoms with Crippen LogP contribution in [0.1, 0.15) is 41.3 Å². The van der Waals surface area contributed by atoms with Crippen LogP contribution < -0.4 is 5.32 Å². The maximum Gasteiger partial charge on any atom is 0.257 e. The largest absolute Gasteiger partial charge is 0.321 e. The van der Waals surface area contributed by atoms with Gasteiger partial charge in [-0.05, 0) is 42.2 Å². The van der Waals surface area contributed by atoms with Gasteiger partial charge >= 0.3 is 0 Å². The van der Waals surface area contributed by atoms with Crippen molar-refractivity contribution in [2.75, 3.05) is 5.32 Å². The highest BCUT2D eigenvalue weighted by molar-refractivity contribution is 9.10. The Morgan fingerprint density at radius 1 is 1.24 bits per heavy atom. The number of anilines is 1. The monoisotopic (exact) mass is 365 g/mol. The van der Waals surface area contributed by atoms with Gasteiger partial charge in [0.25, 0.3) is 5.91 Å². The summed E-state index contributed by atoms with van der Waals surface area (Å²) in [5, 5.41) is 3.44. The first-order valence-corrected chi connectivity index (χ1v) is 7.93. The van der Waals surface area contributed by atoms with Crippen LogP contribution in [-0.2, 0) is 0 Å².